The molecule has 2 amide bonds. The number of anilines is 1. The molecule has 0 radical (unpaired) electrons. The van der Waals surface area contributed by atoms with Gasteiger partial charge in [-0.1, -0.05) is 5.16 Å². The number of carbonyl (C=O) groups excluding carboxylic acids is 1. The molecule has 1 aromatic carbocycles. The Hall–Kier alpha value is -3.23. The lowest BCUT2D eigenvalue weighted by molar-refractivity contribution is 0.250. The van der Waals surface area contributed by atoms with Gasteiger partial charge in [-0.05, 0) is 30.7 Å². The zero-order valence-electron chi connectivity index (χ0n) is 13.2. The van der Waals surface area contributed by atoms with Crippen molar-refractivity contribution >= 4 is 11.9 Å². The van der Waals surface area contributed by atoms with Crippen LogP contribution in [0.15, 0.2) is 34.9 Å². The second-order valence-corrected chi connectivity index (χ2v) is 5.68. The maximum absolute atomic E-state index is 12.9. The van der Waals surface area contributed by atoms with Gasteiger partial charge in [0, 0.05) is 24.6 Å². The van der Waals surface area contributed by atoms with Crippen LogP contribution in [-0.4, -0.2) is 26.0 Å². The fourth-order valence-corrected chi connectivity index (χ4v) is 2.75. The minimum Gasteiger partial charge on any atom is -0.338 e. The minimum absolute atomic E-state index is 0.197. The Balaban J connectivity index is 1.35. The SMILES string of the molecule is O=C(NCc1nnc2n1CCC2)Nc1cc(-c2ccc(F)cc2)no1. The number of hydrogen-bond acceptors (Lipinski definition) is 5. The molecule has 2 N–H and O–H groups in total. The predicted octanol–water partition coefficient (Wildman–Crippen LogP) is 2.34. The normalized spacial score (nSPS) is 12.8. The molecule has 0 fully saturated rings. The summed E-state index contributed by atoms with van der Waals surface area (Å²) in [4.78, 5) is 12.0. The molecule has 9 heteroatoms. The summed E-state index contributed by atoms with van der Waals surface area (Å²) < 4.78 is 20.0. The van der Waals surface area contributed by atoms with Gasteiger partial charge in [0.1, 0.15) is 17.3 Å². The van der Waals surface area contributed by atoms with Crippen molar-refractivity contribution in [1.82, 2.24) is 25.2 Å². The zero-order valence-corrected chi connectivity index (χ0v) is 13.2. The zero-order chi connectivity index (χ0) is 17.2. The number of aryl methyl sites for hydroxylation is 1. The van der Waals surface area contributed by atoms with Crippen molar-refractivity contribution < 1.29 is 13.7 Å². The van der Waals surface area contributed by atoms with Crippen LogP contribution in [0.2, 0.25) is 0 Å². The molecule has 128 valence electrons. The van der Waals surface area contributed by atoms with E-state index >= 15 is 0 Å². The van der Waals surface area contributed by atoms with E-state index in [9.17, 15) is 9.18 Å². The van der Waals surface area contributed by atoms with Crippen molar-refractivity contribution in [3.05, 3.63) is 47.8 Å². The van der Waals surface area contributed by atoms with Crippen molar-refractivity contribution in [3.8, 4) is 11.3 Å². The lowest BCUT2D eigenvalue weighted by Gasteiger charge is -2.05. The molecule has 0 saturated heterocycles. The maximum atomic E-state index is 12.9. The highest BCUT2D eigenvalue weighted by molar-refractivity contribution is 5.88. The molecule has 0 atom stereocenters. The van der Waals surface area contributed by atoms with Gasteiger partial charge in [0.25, 0.3) is 0 Å². The number of aromatic nitrogens is 4. The molecule has 0 aliphatic carbocycles. The third-order valence-electron chi connectivity index (χ3n) is 3.98. The van der Waals surface area contributed by atoms with E-state index in [1.165, 1.54) is 12.1 Å². The van der Waals surface area contributed by atoms with Crippen LogP contribution in [0.25, 0.3) is 11.3 Å². The molecule has 1 aliphatic rings. The molecule has 3 heterocycles. The summed E-state index contributed by atoms with van der Waals surface area (Å²) in [6.07, 6.45) is 1.97. The highest BCUT2D eigenvalue weighted by Crippen LogP contribution is 2.21. The first kappa shape index (κ1) is 15.3. The number of halogens is 1. The molecule has 2 aromatic heterocycles. The third kappa shape index (κ3) is 3.21. The van der Waals surface area contributed by atoms with Crippen LogP contribution >= 0.6 is 0 Å². The monoisotopic (exact) mass is 342 g/mol. The number of hydrogen-bond donors (Lipinski definition) is 2. The highest BCUT2D eigenvalue weighted by Gasteiger charge is 2.17. The fraction of sp³-hybridized carbons (Fsp3) is 0.250. The van der Waals surface area contributed by atoms with Crippen molar-refractivity contribution in [3.63, 3.8) is 0 Å². The second-order valence-electron chi connectivity index (χ2n) is 5.68. The summed E-state index contributed by atoms with van der Waals surface area (Å²) in [6.45, 7) is 1.15. The van der Waals surface area contributed by atoms with E-state index < -0.39 is 6.03 Å². The van der Waals surface area contributed by atoms with Crippen molar-refractivity contribution in [2.45, 2.75) is 25.9 Å². The molecule has 0 bridgehead atoms. The van der Waals surface area contributed by atoms with E-state index in [1.54, 1.807) is 18.2 Å². The van der Waals surface area contributed by atoms with E-state index in [4.69, 9.17) is 4.52 Å². The third-order valence-corrected chi connectivity index (χ3v) is 3.98. The molecule has 0 spiro atoms. The van der Waals surface area contributed by atoms with Gasteiger partial charge >= 0.3 is 6.03 Å². The maximum Gasteiger partial charge on any atom is 0.322 e. The van der Waals surface area contributed by atoms with Gasteiger partial charge in [-0.15, -0.1) is 10.2 Å². The van der Waals surface area contributed by atoms with Gasteiger partial charge < -0.3 is 14.4 Å². The fourth-order valence-electron chi connectivity index (χ4n) is 2.75. The summed E-state index contributed by atoms with van der Waals surface area (Å²) in [5, 5.41) is 17.3. The highest BCUT2D eigenvalue weighted by atomic mass is 19.1. The Labute approximate surface area is 142 Å². The number of benzene rings is 1. The van der Waals surface area contributed by atoms with Crippen molar-refractivity contribution in [2.24, 2.45) is 0 Å². The first-order valence-corrected chi connectivity index (χ1v) is 7.87. The van der Waals surface area contributed by atoms with E-state index in [0.29, 0.717) is 11.3 Å². The molecule has 1 aliphatic heterocycles. The van der Waals surface area contributed by atoms with Crippen LogP contribution in [-0.2, 0) is 19.5 Å². The van der Waals surface area contributed by atoms with Crippen LogP contribution in [0.1, 0.15) is 18.1 Å². The largest absolute Gasteiger partial charge is 0.338 e. The number of nitrogens with zero attached hydrogens (tertiary/aromatic N) is 4. The van der Waals surface area contributed by atoms with Crippen LogP contribution < -0.4 is 10.6 Å². The minimum atomic E-state index is -0.433. The number of amides is 2. The lowest BCUT2D eigenvalue weighted by atomic mass is 10.1. The topological polar surface area (TPSA) is 97.9 Å². The van der Waals surface area contributed by atoms with Crippen LogP contribution in [0, 0.1) is 5.82 Å². The van der Waals surface area contributed by atoms with Gasteiger partial charge in [-0.2, -0.15) is 0 Å². The summed E-state index contributed by atoms with van der Waals surface area (Å²) in [5.41, 5.74) is 1.20. The smallest absolute Gasteiger partial charge is 0.322 e. The second kappa shape index (κ2) is 6.34. The Morgan fingerprint density at radius 2 is 2.12 bits per heavy atom. The Bertz CT molecular complexity index is 902. The standard InChI is InChI=1S/C16H15FN6O2/c17-11-5-3-10(4-6-11)12-8-15(25-22-12)19-16(24)18-9-14-21-20-13-2-1-7-23(13)14/h3-6,8H,1-2,7,9H2,(H2,18,19,24). The van der Waals surface area contributed by atoms with Gasteiger partial charge in [-0.3, -0.25) is 5.32 Å². The number of nitrogens with one attached hydrogen (secondary N) is 2. The van der Waals surface area contributed by atoms with Gasteiger partial charge in [0.05, 0.1) is 6.54 Å². The van der Waals surface area contributed by atoms with E-state index in [-0.39, 0.29) is 18.2 Å². The molecule has 0 unspecified atom stereocenters. The predicted molar refractivity (Wildman–Crippen MR) is 86.1 cm³/mol. The van der Waals surface area contributed by atoms with Gasteiger partial charge in [0.15, 0.2) is 5.82 Å². The average molecular weight is 342 g/mol. The molecule has 4 rings (SSSR count). The summed E-state index contributed by atoms with van der Waals surface area (Å²) in [7, 11) is 0. The number of carbonyl (C=O) groups is 1. The Morgan fingerprint density at radius 3 is 2.96 bits per heavy atom. The van der Waals surface area contributed by atoms with Gasteiger partial charge in [0.2, 0.25) is 5.88 Å². The Kier molecular flexibility index (Phi) is 3.88. The van der Waals surface area contributed by atoms with Crippen LogP contribution in [0.5, 0.6) is 0 Å². The first-order valence-electron chi connectivity index (χ1n) is 7.87. The quantitative estimate of drug-likeness (QED) is 0.758. The van der Waals surface area contributed by atoms with E-state index in [1.807, 2.05) is 4.57 Å². The summed E-state index contributed by atoms with van der Waals surface area (Å²) in [6, 6.07) is 6.98. The molecule has 3 aromatic rings. The molecular formula is C16H15FN6O2. The lowest BCUT2D eigenvalue weighted by Crippen LogP contribution is -2.29. The van der Waals surface area contributed by atoms with Crippen LogP contribution in [0.3, 0.4) is 0 Å². The molecular weight excluding hydrogens is 327 g/mol. The molecule has 25 heavy (non-hydrogen) atoms. The molecule has 8 nitrogen and oxygen atoms in total. The van der Waals surface area contributed by atoms with Crippen LogP contribution in [0.4, 0.5) is 15.1 Å². The van der Waals surface area contributed by atoms with E-state index in [2.05, 4.69) is 26.0 Å². The molecule has 0 saturated carbocycles. The number of rotatable bonds is 4. The number of urea groups is 1. The Morgan fingerprint density at radius 1 is 1.28 bits per heavy atom. The first-order chi connectivity index (χ1) is 12.2. The summed E-state index contributed by atoms with van der Waals surface area (Å²) in [5.74, 6) is 1.55. The number of fused-ring (bicyclic) bond motifs is 1. The van der Waals surface area contributed by atoms with E-state index in [0.717, 1.165) is 31.0 Å². The average Bonchev–Trinajstić information content (AvgIpc) is 3.31. The van der Waals surface area contributed by atoms with Crippen molar-refractivity contribution in [2.75, 3.05) is 5.32 Å². The van der Waals surface area contributed by atoms with Crippen molar-refractivity contribution in [1.29, 1.82) is 0 Å². The van der Waals surface area contributed by atoms with Gasteiger partial charge in [-0.25, -0.2) is 9.18 Å². The summed E-state index contributed by atoms with van der Waals surface area (Å²) >= 11 is 0.